The highest BCUT2D eigenvalue weighted by molar-refractivity contribution is 5.37. The normalized spacial score (nSPS) is 16.0. The summed E-state index contributed by atoms with van der Waals surface area (Å²) in [4.78, 5) is 2.25. The lowest BCUT2D eigenvalue weighted by atomic mass is 9.99. The minimum atomic E-state index is -4.64. The molecule has 1 heterocycles. The largest absolute Gasteiger partial charge is 0.573 e. The van der Waals surface area contributed by atoms with E-state index in [9.17, 15) is 13.2 Å². The number of fused-ring (bicyclic) bond motifs is 1. The van der Waals surface area contributed by atoms with Crippen LogP contribution in [0.4, 0.5) is 13.2 Å². The molecule has 20 heavy (non-hydrogen) atoms. The van der Waals surface area contributed by atoms with E-state index in [-0.39, 0.29) is 5.75 Å². The van der Waals surface area contributed by atoms with Gasteiger partial charge in [-0.3, -0.25) is 4.90 Å². The van der Waals surface area contributed by atoms with E-state index in [4.69, 9.17) is 5.73 Å². The van der Waals surface area contributed by atoms with Crippen LogP contribution in [0.5, 0.6) is 5.75 Å². The second kappa shape index (κ2) is 6.45. The number of nitrogens with zero attached hydrogens (tertiary/aromatic N) is 1. The van der Waals surface area contributed by atoms with Crippen molar-refractivity contribution in [1.29, 1.82) is 0 Å². The number of alkyl halides is 3. The van der Waals surface area contributed by atoms with Crippen LogP contribution < -0.4 is 10.5 Å². The smallest absolute Gasteiger partial charge is 0.406 e. The summed E-state index contributed by atoms with van der Waals surface area (Å²) < 4.78 is 40.6. The van der Waals surface area contributed by atoms with Crippen LogP contribution in [0, 0.1) is 0 Å². The first-order chi connectivity index (χ1) is 9.48. The third kappa shape index (κ3) is 4.38. The van der Waals surface area contributed by atoms with E-state index in [1.165, 1.54) is 12.1 Å². The van der Waals surface area contributed by atoms with Crippen molar-refractivity contribution in [2.24, 2.45) is 5.73 Å². The minimum Gasteiger partial charge on any atom is -0.406 e. The van der Waals surface area contributed by atoms with E-state index >= 15 is 0 Å². The van der Waals surface area contributed by atoms with Gasteiger partial charge >= 0.3 is 6.36 Å². The van der Waals surface area contributed by atoms with Crippen LogP contribution in [0.25, 0.3) is 0 Å². The maximum absolute atomic E-state index is 12.2. The molecule has 1 aromatic rings. The quantitative estimate of drug-likeness (QED) is 0.847. The molecule has 0 bridgehead atoms. The Labute approximate surface area is 116 Å². The molecule has 0 unspecified atom stereocenters. The van der Waals surface area contributed by atoms with Gasteiger partial charge in [0.1, 0.15) is 5.75 Å². The van der Waals surface area contributed by atoms with Gasteiger partial charge in [-0.1, -0.05) is 6.07 Å². The highest BCUT2D eigenvalue weighted by Crippen LogP contribution is 2.28. The predicted molar refractivity (Wildman–Crippen MR) is 70.4 cm³/mol. The molecule has 0 aromatic heterocycles. The van der Waals surface area contributed by atoms with Crippen LogP contribution in [0.1, 0.15) is 24.0 Å². The van der Waals surface area contributed by atoms with Gasteiger partial charge in [0, 0.05) is 13.1 Å². The van der Waals surface area contributed by atoms with E-state index in [1.807, 2.05) is 0 Å². The monoisotopic (exact) mass is 288 g/mol. The Morgan fingerprint density at radius 1 is 1.20 bits per heavy atom. The highest BCUT2D eigenvalue weighted by atomic mass is 19.4. The molecule has 0 radical (unpaired) electrons. The maximum Gasteiger partial charge on any atom is 0.573 e. The zero-order valence-electron chi connectivity index (χ0n) is 11.2. The molecule has 0 saturated carbocycles. The van der Waals surface area contributed by atoms with Crippen molar-refractivity contribution >= 4 is 0 Å². The zero-order valence-corrected chi connectivity index (χ0v) is 11.2. The molecular weight excluding hydrogens is 269 g/mol. The van der Waals surface area contributed by atoms with Crippen LogP contribution in [0.2, 0.25) is 0 Å². The Kier molecular flexibility index (Phi) is 4.88. The molecule has 0 spiro atoms. The Bertz CT molecular complexity index is 449. The van der Waals surface area contributed by atoms with Gasteiger partial charge in [0.2, 0.25) is 0 Å². The van der Waals surface area contributed by atoms with Crippen molar-refractivity contribution in [3.05, 3.63) is 29.3 Å². The summed E-state index contributed by atoms with van der Waals surface area (Å²) in [6, 6.07) is 4.61. The van der Waals surface area contributed by atoms with Crippen molar-refractivity contribution in [3.63, 3.8) is 0 Å². The third-order valence-corrected chi connectivity index (χ3v) is 3.43. The molecule has 6 heteroatoms. The number of hydrogen-bond acceptors (Lipinski definition) is 3. The van der Waals surface area contributed by atoms with Crippen LogP contribution in [0.15, 0.2) is 18.2 Å². The van der Waals surface area contributed by atoms with E-state index in [0.29, 0.717) is 13.1 Å². The van der Waals surface area contributed by atoms with Gasteiger partial charge in [-0.2, -0.15) is 0 Å². The number of benzene rings is 1. The molecule has 1 aromatic carbocycles. The van der Waals surface area contributed by atoms with Crippen molar-refractivity contribution in [2.75, 3.05) is 19.6 Å². The van der Waals surface area contributed by atoms with Gasteiger partial charge in [-0.15, -0.1) is 13.2 Å². The van der Waals surface area contributed by atoms with E-state index in [0.717, 1.165) is 43.5 Å². The fourth-order valence-electron chi connectivity index (χ4n) is 2.46. The predicted octanol–water partition coefficient (Wildman–Crippen LogP) is 2.68. The number of hydrogen-bond donors (Lipinski definition) is 1. The minimum absolute atomic E-state index is 0.139. The average Bonchev–Trinajstić information content (AvgIpc) is 2.37. The molecule has 2 rings (SSSR count). The van der Waals surface area contributed by atoms with Crippen molar-refractivity contribution in [2.45, 2.75) is 32.2 Å². The summed E-state index contributed by atoms with van der Waals surface area (Å²) in [5.41, 5.74) is 7.49. The lowest BCUT2D eigenvalue weighted by Gasteiger charge is -2.29. The highest BCUT2D eigenvalue weighted by Gasteiger charge is 2.31. The molecule has 1 aliphatic heterocycles. The first kappa shape index (κ1) is 15.1. The zero-order chi connectivity index (χ0) is 14.6. The van der Waals surface area contributed by atoms with Crippen LogP contribution in [0.3, 0.4) is 0 Å². The summed E-state index contributed by atoms with van der Waals surface area (Å²) in [6.45, 7) is 3.22. The summed E-state index contributed by atoms with van der Waals surface area (Å²) in [7, 11) is 0. The van der Waals surface area contributed by atoms with Gasteiger partial charge in [-0.25, -0.2) is 0 Å². The van der Waals surface area contributed by atoms with E-state index < -0.39 is 6.36 Å². The lowest BCUT2D eigenvalue weighted by molar-refractivity contribution is -0.274. The average molecular weight is 288 g/mol. The standard InChI is InChI=1S/C14H19F3N2O/c15-14(16,17)20-13-4-3-11-5-8-19(7-2-1-6-18)10-12(11)9-13/h3-4,9H,1-2,5-8,10,18H2. The second-order valence-electron chi connectivity index (χ2n) is 5.00. The van der Waals surface area contributed by atoms with Gasteiger partial charge in [0.05, 0.1) is 0 Å². The molecule has 2 N–H and O–H groups in total. The van der Waals surface area contributed by atoms with Gasteiger partial charge in [-0.05, 0) is 55.6 Å². The number of halogens is 3. The maximum atomic E-state index is 12.2. The summed E-state index contributed by atoms with van der Waals surface area (Å²) in [5.74, 6) is -0.139. The summed E-state index contributed by atoms with van der Waals surface area (Å²) in [6.07, 6.45) is -1.78. The fraction of sp³-hybridized carbons (Fsp3) is 0.571. The molecule has 0 atom stereocenters. The van der Waals surface area contributed by atoms with E-state index in [1.54, 1.807) is 6.07 Å². The van der Waals surface area contributed by atoms with Crippen LogP contribution >= 0.6 is 0 Å². The molecule has 0 fully saturated rings. The Hall–Kier alpha value is -1.27. The number of rotatable bonds is 5. The Morgan fingerprint density at radius 3 is 2.70 bits per heavy atom. The SMILES string of the molecule is NCCCCN1CCc2ccc(OC(F)(F)F)cc2C1. The van der Waals surface area contributed by atoms with Gasteiger partial charge < -0.3 is 10.5 Å². The first-order valence-corrected chi connectivity index (χ1v) is 6.78. The molecule has 112 valence electrons. The molecule has 0 aliphatic carbocycles. The fourth-order valence-corrected chi connectivity index (χ4v) is 2.46. The van der Waals surface area contributed by atoms with Crippen LogP contribution in [-0.4, -0.2) is 30.9 Å². The third-order valence-electron chi connectivity index (χ3n) is 3.43. The lowest BCUT2D eigenvalue weighted by Crippen LogP contribution is -2.31. The molecule has 0 saturated heterocycles. The second-order valence-corrected chi connectivity index (χ2v) is 5.00. The van der Waals surface area contributed by atoms with Crippen LogP contribution in [-0.2, 0) is 13.0 Å². The van der Waals surface area contributed by atoms with Gasteiger partial charge in [0.15, 0.2) is 0 Å². The summed E-state index contributed by atoms with van der Waals surface area (Å²) >= 11 is 0. The van der Waals surface area contributed by atoms with Gasteiger partial charge in [0.25, 0.3) is 0 Å². The van der Waals surface area contributed by atoms with Crippen molar-refractivity contribution < 1.29 is 17.9 Å². The molecule has 3 nitrogen and oxygen atoms in total. The van der Waals surface area contributed by atoms with Crippen molar-refractivity contribution in [3.8, 4) is 5.75 Å². The Balaban J connectivity index is 2.00. The molecule has 0 amide bonds. The Morgan fingerprint density at radius 2 is 2.00 bits per heavy atom. The molecular formula is C14H19F3N2O. The summed E-state index contributed by atoms with van der Waals surface area (Å²) in [5, 5.41) is 0. The topological polar surface area (TPSA) is 38.5 Å². The number of nitrogens with two attached hydrogens (primary N) is 1. The first-order valence-electron chi connectivity index (χ1n) is 6.78. The molecule has 1 aliphatic rings. The van der Waals surface area contributed by atoms with E-state index in [2.05, 4.69) is 9.64 Å². The van der Waals surface area contributed by atoms with Crippen molar-refractivity contribution in [1.82, 2.24) is 4.90 Å². The number of ether oxygens (including phenoxy) is 1. The number of unbranched alkanes of at least 4 members (excludes halogenated alkanes) is 1.